The molecule has 2 heterocycles. The van der Waals surface area contributed by atoms with Crippen molar-refractivity contribution < 1.29 is 21.9 Å². The summed E-state index contributed by atoms with van der Waals surface area (Å²) in [6, 6.07) is 9.19. The second-order valence-electron chi connectivity index (χ2n) is 7.92. The van der Waals surface area contributed by atoms with E-state index in [0.29, 0.717) is 5.56 Å². The van der Waals surface area contributed by atoms with E-state index in [-0.39, 0.29) is 16.5 Å². The third-order valence-corrected chi connectivity index (χ3v) is 7.36. The van der Waals surface area contributed by atoms with Crippen molar-refractivity contribution in [2.24, 2.45) is 0 Å². The Morgan fingerprint density at radius 1 is 0.903 bits per heavy atom. The number of rotatable bonds is 5. The maximum atomic E-state index is 14.0. The van der Waals surface area contributed by atoms with E-state index in [0.717, 1.165) is 64.7 Å². The van der Waals surface area contributed by atoms with Crippen molar-refractivity contribution in [1.82, 2.24) is 14.7 Å². The van der Waals surface area contributed by atoms with Gasteiger partial charge in [-0.15, -0.1) is 0 Å². The van der Waals surface area contributed by atoms with Crippen molar-refractivity contribution in [3.63, 3.8) is 0 Å². The van der Waals surface area contributed by atoms with Gasteiger partial charge in [0, 0.05) is 43.9 Å². The molecular formula is C22H27F2N3O3S. The zero-order chi connectivity index (χ0) is 21.8. The van der Waals surface area contributed by atoms with E-state index >= 15 is 0 Å². The minimum absolute atomic E-state index is 0.132. The molecule has 0 aliphatic carbocycles. The Balaban J connectivity index is 1.40. The predicted octanol–water partition coefficient (Wildman–Crippen LogP) is 3.01. The summed E-state index contributed by atoms with van der Waals surface area (Å²) >= 11 is 0. The Hall–Kier alpha value is -1.91. The highest BCUT2D eigenvalue weighted by atomic mass is 32.2. The molecule has 168 valence electrons. The van der Waals surface area contributed by atoms with Crippen LogP contribution in [0.2, 0.25) is 0 Å². The van der Waals surface area contributed by atoms with Crippen LogP contribution in [0.15, 0.2) is 47.4 Å². The van der Waals surface area contributed by atoms with Crippen LogP contribution >= 0.6 is 0 Å². The number of nitrogens with zero attached hydrogens (tertiary/aromatic N) is 2. The van der Waals surface area contributed by atoms with E-state index in [9.17, 15) is 17.2 Å². The zero-order valence-corrected chi connectivity index (χ0v) is 18.1. The molecule has 6 nitrogen and oxygen atoms in total. The molecule has 0 bridgehead atoms. The number of hydrazine groups is 1. The maximum absolute atomic E-state index is 14.0. The van der Waals surface area contributed by atoms with Crippen LogP contribution in [0.4, 0.5) is 8.78 Å². The highest BCUT2D eigenvalue weighted by molar-refractivity contribution is 7.89. The lowest BCUT2D eigenvalue weighted by atomic mass is 10.1. The summed E-state index contributed by atoms with van der Waals surface area (Å²) < 4.78 is 61.1. The fourth-order valence-electron chi connectivity index (χ4n) is 4.14. The van der Waals surface area contributed by atoms with Gasteiger partial charge in [-0.2, -0.15) is 0 Å². The van der Waals surface area contributed by atoms with Gasteiger partial charge in [-0.3, -0.25) is 0 Å². The lowest BCUT2D eigenvalue weighted by molar-refractivity contribution is -0.0884. The lowest BCUT2D eigenvalue weighted by Gasteiger charge is -2.36. The van der Waals surface area contributed by atoms with Gasteiger partial charge >= 0.3 is 0 Å². The molecule has 2 fully saturated rings. The number of sulfonamides is 1. The van der Waals surface area contributed by atoms with Crippen molar-refractivity contribution in [2.45, 2.75) is 30.2 Å². The molecule has 1 atom stereocenters. The molecule has 1 unspecified atom stereocenters. The third-order valence-electron chi connectivity index (χ3n) is 5.82. The zero-order valence-electron chi connectivity index (χ0n) is 17.3. The second-order valence-corrected chi connectivity index (χ2v) is 9.63. The smallest absolute Gasteiger partial charge is 0.240 e. The van der Waals surface area contributed by atoms with Crippen LogP contribution in [0, 0.1) is 11.6 Å². The van der Waals surface area contributed by atoms with Crippen LogP contribution in [0.3, 0.4) is 0 Å². The van der Waals surface area contributed by atoms with Crippen LogP contribution in [0.25, 0.3) is 11.1 Å². The standard InChI is InChI=1S/C22H27F2N3O3S/c23-18-5-8-21(22(24)16-18)17-3-6-20(7-4-17)31(28,29)25-19-2-1-10-26(11-9-19)27-12-14-30-15-13-27/h3-8,16,19,25H,1-2,9-15H2. The first kappa shape index (κ1) is 22.3. The van der Waals surface area contributed by atoms with Gasteiger partial charge in [-0.1, -0.05) is 12.1 Å². The van der Waals surface area contributed by atoms with E-state index in [1.54, 1.807) is 0 Å². The molecule has 0 radical (unpaired) electrons. The van der Waals surface area contributed by atoms with Crippen LogP contribution < -0.4 is 4.72 Å². The SMILES string of the molecule is O=S(=O)(NC1CCCN(N2CCOCC2)CC1)c1ccc(-c2ccc(F)cc2F)cc1. The minimum atomic E-state index is -3.69. The van der Waals surface area contributed by atoms with E-state index in [1.807, 2.05) is 0 Å². The summed E-state index contributed by atoms with van der Waals surface area (Å²) in [7, 11) is -3.69. The number of hydrogen-bond acceptors (Lipinski definition) is 5. The average Bonchev–Trinajstić information content (AvgIpc) is 3.00. The Bertz CT molecular complexity index is 996. The summed E-state index contributed by atoms with van der Waals surface area (Å²) in [5, 5.41) is 4.61. The van der Waals surface area contributed by atoms with Crippen molar-refractivity contribution in [1.29, 1.82) is 0 Å². The summed E-state index contributed by atoms with van der Waals surface area (Å²) in [5.74, 6) is -1.34. The van der Waals surface area contributed by atoms with E-state index in [2.05, 4.69) is 14.7 Å². The van der Waals surface area contributed by atoms with Crippen molar-refractivity contribution in [2.75, 3.05) is 39.4 Å². The van der Waals surface area contributed by atoms with Gasteiger partial charge in [-0.25, -0.2) is 31.9 Å². The van der Waals surface area contributed by atoms with Gasteiger partial charge in [0.1, 0.15) is 11.6 Å². The molecule has 1 N–H and O–H groups in total. The lowest BCUT2D eigenvalue weighted by Crippen LogP contribution is -2.49. The van der Waals surface area contributed by atoms with Gasteiger partial charge in [0.2, 0.25) is 10.0 Å². The number of halogens is 2. The molecule has 2 aromatic rings. The average molecular weight is 452 g/mol. The molecule has 2 aliphatic heterocycles. The molecule has 2 aromatic carbocycles. The third kappa shape index (κ3) is 5.48. The first-order chi connectivity index (χ1) is 14.9. The fourth-order valence-corrected chi connectivity index (χ4v) is 5.45. The number of morpholine rings is 1. The summed E-state index contributed by atoms with van der Waals surface area (Å²) in [4.78, 5) is 0.132. The van der Waals surface area contributed by atoms with Crippen LogP contribution in [0.5, 0.6) is 0 Å². The highest BCUT2D eigenvalue weighted by Crippen LogP contribution is 2.25. The molecule has 31 heavy (non-hydrogen) atoms. The maximum Gasteiger partial charge on any atom is 0.240 e. The Kier molecular flexibility index (Phi) is 6.98. The normalized spacial score (nSPS) is 21.7. The second kappa shape index (κ2) is 9.70. The van der Waals surface area contributed by atoms with E-state index in [4.69, 9.17) is 4.74 Å². The summed E-state index contributed by atoms with van der Waals surface area (Å²) in [6.45, 7) is 4.91. The quantitative estimate of drug-likeness (QED) is 0.757. The fraction of sp³-hybridized carbons (Fsp3) is 0.455. The Labute approximate surface area is 181 Å². The van der Waals surface area contributed by atoms with Gasteiger partial charge in [0.05, 0.1) is 18.1 Å². The van der Waals surface area contributed by atoms with E-state index in [1.165, 1.54) is 36.4 Å². The minimum Gasteiger partial charge on any atom is -0.379 e. The molecule has 2 saturated heterocycles. The molecule has 9 heteroatoms. The van der Waals surface area contributed by atoms with E-state index < -0.39 is 21.7 Å². The first-order valence-electron chi connectivity index (χ1n) is 10.6. The van der Waals surface area contributed by atoms with Crippen LogP contribution in [-0.4, -0.2) is 63.9 Å². The largest absolute Gasteiger partial charge is 0.379 e. The highest BCUT2D eigenvalue weighted by Gasteiger charge is 2.26. The molecule has 2 aliphatic rings. The number of nitrogens with one attached hydrogen (secondary N) is 1. The molecule has 0 spiro atoms. The molecule has 0 saturated carbocycles. The van der Waals surface area contributed by atoms with Crippen molar-refractivity contribution >= 4 is 10.0 Å². The number of benzene rings is 2. The van der Waals surface area contributed by atoms with Gasteiger partial charge < -0.3 is 4.74 Å². The molecular weight excluding hydrogens is 424 g/mol. The van der Waals surface area contributed by atoms with Crippen molar-refractivity contribution in [3.05, 3.63) is 54.1 Å². The molecule has 4 rings (SSSR count). The predicted molar refractivity (Wildman–Crippen MR) is 114 cm³/mol. The van der Waals surface area contributed by atoms with Crippen LogP contribution in [-0.2, 0) is 14.8 Å². The van der Waals surface area contributed by atoms with Gasteiger partial charge in [0.25, 0.3) is 0 Å². The topological polar surface area (TPSA) is 61.9 Å². The van der Waals surface area contributed by atoms with Gasteiger partial charge in [0.15, 0.2) is 0 Å². The summed E-state index contributed by atoms with van der Waals surface area (Å²) in [5.41, 5.74) is 0.720. The number of hydrogen-bond donors (Lipinski definition) is 1. The van der Waals surface area contributed by atoms with Crippen molar-refractivity contribution in [3.8, 4) is 11.1 Å². The van der Waals surface area contributed by atoms with Crippen LogP contribution in [0.1, 0.15) is 19.3 Å². The molecule has 0 amide bonds. The summed E-state index contributed by atoms with van der Waals surface area (Å²) in [6.07, 6.45) is 2.42. The molecule has 0 aromatic heterocycles. The first-order valence-corrected chi connectivity index (χ1v) is 12.1. The number of ether oxygens (including phenoxy) is 1. The van der Waals surface area contributed by atoms with Gasteiger partial charge in [-0.05, 0) is 49.1 Å². The Morgan fingerprint density at radius 2 is 1.61 bits per heavy atom. The Morgan fingerprint density at radius 3 is 2.32 bits per heavy atom. The monoisotopic (exact) mass is 451 g/mol.